The smallest absolute Gasteiger partial charge is 0.271 e. The monoisotopic (exact) mass is 244 g/mol. The van der Waals surface area contributed by atoms with E-state index in [-0.39, 0.29) is 5.56 Å². The summed E-state index contributed by atoms with van der Waals surface area (Å²) in [5.41, 5.74) is 0.517. The Kier molecular flexibility index (Phi) is 4.12. The van der Waals surface area contributed by atoms with Gasteiger partial charge in [0.05, 0.1) is 6.61 Å². The van der Waals surface area contributed by atoms with Gasteiger partial charge in [-0.1, -0.05) is 25.5 Å². The first kappa shape index (κ1) is 12.4. The molecule has 0 atom stereocenters. The zero-order valence-corrected chi connectivity index (χ0v) is 10.4. The topological polar surface area (TPSA) is 44.1 Å². The minimum absolute atomic E-state index is 0.163. The number of hydrogen-bond donors (Lipinski definition) is 0. The van der Waals surface area contributed by atoms with Crippen molar-refractivity contribution in [3.63, 3.8) is 0 Å². The van der Waals surface area contributed by atoms with Crippen LogP contribution in [0, 0.1) is 0 Å². The van der Waals surface area contributed by atoms with Gasteiger partial charge in [0.1, 0.15) is 11.4 Å². The summed E-state index contributed by atoms with van der Waals surface area (Å²) < 4.78 is 7.04. The van der Waals surface area contributed by atoms with Crippen LogP contribution < -0.4 is 10.3 Å². The molecule has 0 saturated heterocycles. The largest absolute Gasteiger partial charge is 0.491 e. The lowest BCUT2D eigenvalue weighted by Gasteiger charge is -2.11. The van der Waals surface area contributed by atoms with Crippen LogP contribution in [0.3, 0.4) is 0 Å². The van der Waals surface area contributed by atoms with Gasteiger partial charge >= 0.3 is 0 Å². The number of benzene rings is 1. The minimum Gasteiger partial charge on any atom is -0.491 e. The normalized spacial score (nSPS) is 10.3. The lowest BCUT2D eigenvalue weighted by Crippen LogP contribution is -2.20. The lowest BCUT2D eigenvalue weighted by atomic mass is 10.3. The van der Waals surface area contributed by atoms with Crippen LogP contribution in [0.1, 0.15) is 19.8 Å². The number of rotatable bonds is 5. The van der Waals surface area contributed by atoms with Crippen LogP contribution in [0.5, 0.6) is 5.75 Å². The molecule has 0 aliphatic carbocycles. The van der Waals surface area contributed by atoms with Crippen LogP contribution in [0.15, 0.2) is 47.4 Å². The van der Waals surface area contributed by atoms with E-state index < -0.39 is 0 Å². The molecule has 0 aliphatic heterocycles. The van der Waals surface area contributed by atoms with Gasteiger partial charge in [-0.3, -0.25) is 4.79 Å². The van der Waals surface area contributed by atoms with Gasteiger partial charge in [-0.15, -0.1) is 0 Å². The number of ether oxygens (including phenoxy) is 1. The Balaban J connectivity index is 2.33. The Labute approximate surface area is 106 Å². The van der Waals surface area contributed by atoms with E-state index >= 15 is 0 Å². The number of unbranched alkanes of at least 4 members (excludes halogenated alkanes) is 1. The standard InChI is InChI=1S/C14H16N2O2/c1-2-3-11-18-13-8-5-4-7-12(13)16-14(17)9-6-10-15-16/h4-10H,2-3,11H2,1H3. The lowest BCUT2D eigenvalue weighted by molar-refractivity contribution is 0.307. The summed E-state index contributed by atoms with van der Waals surface area (Å²) in [6, 6.07) is 10.5. The Bertz CT molecular complexity index is 563. The first-order valence-corrected chi connectivity index (χ1v) is 6.09. The molecule has 0 bridgehead atoms. The fourth-order valence-electron chi connectivity index (χ4n) is 1.62. The highest BCUT2D eigenvalue weighted by molar-refractivity contribution is 5.45. The predicted octanol–water partition coefficient (Wildman–Crippen LogP) is 2.41. The second kappa shape index (κ2) is 6.00. The van der Waals surface area contributed by atoms with Crippen molar-refractivity contribution in [2.75, 3.05) is 6.61 Å². The van der Waals surface area contributed by atoms with E-state index in [1.807, 2.05) is 24.3 Å². The Morgan fingerprint density at radius 2 is 2.06 bits per heavy atom. The van der Waals surface area contributed by atoms with Gasteiger partial charge in [0.25, 0.3) is 5.56 Å². The molecule has 0 radical (unpaired) electrons. The van der Waals surface area contributed by atoms with E-state index in [1.54, 1.807) is 12.3 Å². The van der Waals surface area contributed by atoms with Crippen molar-refractivity contribution < 1.29 is 4.74 Å². The number of nitrogens with zero attached hydrogens (tertiary/aromatic N) is 2. The van der Waals surface area contributed by atoms with Gasteiger partial charge in [-0.05, 0) is 24.6 Å². The van der Waals surface area contributed by atoms with Crippen molar-refractivity contribution >= 4 is 0 Å². The molecule has 2 aromatic rings. The average Bonchev–Trinajstić information content (AvgIpc) is 2.40. The van der Waals surface area contributed by atoms with Crippen molar-refractivity contribution in [2.24, 2.45) is 0 Å². The fraction of sp³-hybridized carbons (Fsp3) is 0.286. The summed E-state index contributed by atoms with van der Waals surface area (Å²) in [4.78, 5) is 11.7. The molecule has 0 spiro atoms. The molecule has 1 heterocycles. The highest BCUT2D eigenvalue weighted by Gasteiger charge is 2.06. The van der Waals surface area contributed by atoms with Crippen LogP contribution in [0.2, 0.25) is 0 Å². The molecule has 4 heteroatoms. The van der Waals surface area contributed by atoms with Gasteiger partial charge in [0.2, 0.25) is 0 Å². The molecule has 0 saturated carbocycles. The molecule has 0 aliphatic rings. The van der Waals surface area contributed by atoms with Gasteiger partial charge in [-0.2, -0.15) is 9.78 Å². The van der Waals surface area contributed by atoms with E-state index in [1.165, 1.54) is 10.7 Å². The third-order valence-electron chi connectivity index (χ3n) is 2.56. The van der Waals surface area contributed by atoms with E-state index in [0.717, 1.165) is 12.8 Å². The van der Waals surface area contributed by atoms with Gasteiger partial charge in [-0.25, -0.2) is 0 Å². The molecule has 94 valence electrons. The van der Waals surface area contributed by atoms with E-state index in [9.17, 15) is 4.79 Å². The summed E-state index contributed by atoms with van der Waals surface area (Å²) in [6.07, 6.45) is 3.65. The number of aromatic nitrogens is 2. The van der Waals surface area contributed by atoms with Gasteiger partial charge in [0, 0.05) is 12.3 Å². The Morgan fingerprint density at radius 1 is 1.22 bits per heavy atom. The zero-order chi connectivity index (χ0) is 12.8. The third-order valence-corrected chi connectivity index (χ3v) is 2.56. The van der Waals surface area contributed by atoms with Crippen molar-refractivity contribution in [1.29, 1.82) is 0 Å². The first-order valence-electron chi connectivity index (χ1n) is 6.09. The van der Waals surface area contributed by atoms with Crippen molar-refractivity contribution in [3.8, 4) is 11.4 Å². The molecule has 4 nitrogen and oxygen atoms in total. The summed E-state index contributed by atoms with van der Waals surface area (Å²) in [5, 5.41) is 4.06. The highest BCUT2D eigenvalue weighted by Crippen LogP contribution is 2.20. The Morgan fingerprint density at radius 3 is 2.83 bits per heavy atom. The third kappa shape index (κ3) is 2.77. The molecule has 2 rings (SSSR count). The minimum atomic E-state index is -0.163. The summed E-state index contributed by atoms with van der Waals surface area (Å²) in [7, 11) is 0. The fourth-order valence-corrected chi connectivity index (χ4v) is 1.62. The molecular formula is C14H16N2O2. The van der Waals surface area contributed by atoms with Crippen LogP contribution in [0.25, 0.3) is 5.69 Å². The van der Waals surface area contributed by atoms with Crippen molar-refractivity contribution in [2.45, 2.75) is 19.8 Å². The van der Waals surface area contributed by atoms with Crippen molar-refractivity contribution in [1.82, 2.24) is 9.78 Å². The SMILES string of the molecule is CCCCOc1ccccc1-n1ncccc1=O. The van der Waals surface area contributed by atoms with Crippen LogP contribution in [0.4, 0.5) is 0 Å². The first-order chi connectivity index (χ1) is 8.83. The van der Waals surface area contributed by atoms with E-state index in [0.29, 0.717) is 18.0 Å². The number of hydrogen-bond acceptors (Lipinski definition) is 3. The molecule has 0 unspecified atom stereocenters. The number of para-hydroxylation sites is 2. The van der Waals surface area contributed by atoms with E-state index in [2.05, 4.69) is 12.0 Å². The molecular weight excluding hydrogens is 228 g/mol. The molecule has 0 N–H and O–H groups in total. The molecule has 1 aromatic carbocycles. The second-order valence-corrected chi connectivity index (χ2v) is 3.94. The quantitative estimate of drug-likeness (QED) is 0.759. The maximum Gasteiger partial charge on any atom is 0.271 e. The zero-order valence-electron chi connectivity index (χ0n) is 10.4. The maximum atomic E-state index is 11.7. The maximum absolute atomic E-state index is 11.7. The van der Waals surface area contributed by atoms with Gasteiger partial charge in [0.15, 0.2) is 0 Å². The molecule has 18 heavy (non-hydrogen) atoms. The molecule has 1 aromatic heterocycles. The van der Waals surface area contributed by atoms with Crippen LogP contribution in [-0.2, 0) is 0 Å². The Hall–Kier alpha value is -2.10. The molecule has 0 amide bonds. The van der Waals surface area contributed by atoms with E-state index in [4.69, 9.17) is 4.74 Å². The molecule has 0 fully saturated rings. The summed E-state index contributed by atoms with van der Waals surface area (Å²) in [6.45, 7) is 2.76. The van der Waals surface area contributed by atoms with Crippen LogP contribution in [-0.4, -0.2) is 16.4 Å². The average molecular weight is 244 g/mol. The second-order valence-electron chi connectivity index (χ2n) is 3.94. The summed E-state index contributed by atoms with van der Waals surface area (Å²) >= 11 is 0. The van der Waals surface area contributed by atoms with Gasteiger partial charge < -0.3 is 4.74 Å². The predicted molar refractivity (Wildman–Crippen MR) is 70.2 cm³/mol. The van der Waals surface area contributed by atoms with Crippen LogP contribution >= 0.6 is 0 Å². The van der Waals surface area contributed by atoms with Crippen molar-refractivity contribution in [3.05, 3.63) is 52.9 Å². The highest BCUT2D eigenvalue weighted by atomic mass is 16.5. The summed E-state index contributed by atoms with van der Waals surface area (Å²) in [5.74, 6) is 0.687.